The summed E-state index contributed by atoms with van der Waals surface area (Å²) < 4.78 is 24.3. The smallest absolute Gasteiger partial charge is 0.252 e. The van der Waals surface area contributed by atoms with E-state index in [1.165, 1.54) is 18.7 Å². The maximum absolute atomic E-state index is 12.5. The molecule has 2 heterocycles. The van der Waals surface area contributed by atoms with Gasteiger partial charge < -0.3 is 4.90 Å². The first-order valence-corrected chi connectivity index (χ1v) is 12.0. The normalized spacial score (nSPS) is 23.9. The van der Waals surface area contributed by atoms with Crippen LogP contribution in [-0.2, 0) is 21.1 Å². The fourth-order valence-corrected chi connectivity index (χ4v) is 7.57. The second-order valence-electron chi connectivity index (χ2n) is 7.22. The molecular weight excluding hydrogens is 408 g/mol. The second-order valence-corrected chi connectivity index (χ2v) is 10.6. The fraction of sp³-hybridized carbons (Fsp3) is 0.286. The molecule has 2 atom stereocenters. The van der Waals surface area contributed by atoms with E-state index in [1.807, 2.05) is 35.2 Å². The predicted molar refractivity (Wildman–Crippen MR) is 115 cm³/mol. The molecule has 0 spiro atoms. The molecule has 2 saturated heterocycles. The highest BCUT2D eigenvalue weighted by Crippen LogP contribution is 2.41. The van der Waals surface area contributed by atoms with Crippen LogP contribution in [0.2, 0.25) is 0 Å². The number of aliphatic imine (C=N–C) groups is 1. The zero-order chi connectivity index (χ0) is 20.6. The minimum Gasteiger partial charge on any atom is -0.316 e. The zero-order valence-corrected chi connectivity index (χ0v) is 17.4. The Bertz CT molecular complexity index is 1080. The van der Waals surface area contributed by atoms with E-state index in [0.717, 1.165) is 11.3 Å². The van der Waals surface area contributed by atoms with Crippen molar-refractivity contribution in [3.05, 3.63) is 65.7 Å². The number of anilines is 1. The summed E-state index contributed by atoms with van der Waals surface area (Å²) in [6.07, 6.45) is 0.190. The fourth-order valence-electron chi connectivity index (χ4n) is 3.64. The van der Waals surface area contributed by atoms with E-state index in [2.05, 4.69) is 4.99 Å². The van der Waals surface area contributed by atoms with Crippen LogP contribution in [0.5, 0.6) is 0 Å². The number of rotatable bonds is 4. The van der Waals surface area contributed by atoms with Crippen LogP contribution in [-0.4, -0.2) is 48.1 Å². The molecule has 0 aliphatic carbocycles. The van der Waals surface area contributed by atoms with Gasteiger partial charge in [-0.15, -0.1) is 0 Å². The van der Waals surface area contributed by atoms with Gasteiger partial charge in [0.05, 0.1) is 24.0 Å². The molecule has 1 amide bonds. The predicted octanol–water partition coefficient (Wildman–Crippen LogP) is 2.73. The molecule has 6 nitrogen and oxygen atoms in total. The molecule has 4 rings (SSSR count). The number of Topliss-reactive ketones (excluding diaryl/α,β-unsaturated/α-hetero) is 1. The average Bonchev–Trinajstić information content (AvgIpc) is 3.13. The third-order valence-electron chi connectivity index (χ3n) is 5.04. The molecule has 0 bridgehead atoms. The average molecular weight is 429 g/mol. The van der Waals surface area contributed by atoms with Gasteiger partial charge in [0.1, 0.15) is 0 Å². The molecule has 0 N–H and O–H groups in total. The Labute approximate surface area is 173 Å². The standard InChI is InChI=1S/C21H20N2O4S2/c1-14(24)16-7-9-17(10-8-16)23-18-12-29(26,27)13-19(18)28-21(23)22-20(25)11-15-5-3-2-4-6-15/h2-10,18-19H,11-13H2,1H3. The van der Waals surface area contributed by atoms with Crippen LogP contribution in [0.3, 0.4) is 0 Å². The second kappa shape index (κ2) is 7.76. The maximum atomic E-state index is 12.5. The summed E-state index contributed by atoms with van der Waals surface area (Å²) in [5.41, 5.74) is 2.19. The lowest BCUT2D eigenvalue weighted by atomic mass is 10.1. The van der Waals surface area contributed by atoms with Gasteiger partial charge in [-0.2, -0.15) is 4.99 Å². The molecule has 150 valence electrons. The first-order chi connectivity index (χ1) is 13.8. The Morgan fingerprint density at radius 2 is 1.76 bits per heavy atom. The highest BCUT2D eigenvalue weighted by atomic mass is 32.2. The third-order valence-corrected chi connectivity index (χ3v) is 8.25. The van der Waals surface area contributed by atoms with Crippen molar-refractivity contribution >= 4 is 44.1 Å². The van der Waals surface area contributed by atoms with Gasteiger partial charge in [0, 0.05) is 16.5 Å². The topological polar surface area (TPSA) is 83.9 Å². The molecule has 0 aromatic heterocycles. The summed E-state index contributed by atoms with van der Waals surface area (Å²) in [7, 11) is -3.13. The molecular formula is C21H20N2O4S2. The number of hydrogen-bond donors (Lipinski definition) is 0. The monoisotopic (exact) mass is 428 g/mol. The van der Waals surface area contributed by atoms with Crippen molar-refractivity contribution in [2.24, 2.45) is 4.99 Å². The van der Waals surface area contributed by atoms with Crippen LogP contribution in [0.4, 0.5) is 5.69 Å². The van der Waals surface area contributed by atoms with Gasteiger partial charge in [-0.1, -0.05) is 42.1 Å². The van der Waals surface area contributed by atoms with E-state index < -0.39 is 9.84 Å². The summed E-state index contributed by atoms with van der Waals surface area (Å²) in [6.45, 7) is 1.50. The van der Waals surface area contributed by atoms with Crippen LogP contribution in [0.15, 0.2) is 59.6 Å². The van der Waals surface area contributed by atoms with Crippen molar-refractivity contribution in [1.29, 1.82) is 0 Å². The highest BCUT2D eigenvalue weighted by molar-refractivity contribution is 8.16. The largest absolute Gasteiger partial charge is 0.316 e. The van der Waals surface area contributed by atoms with Crippen molar-refractivity contribution in [2.75, 3.05) is 16.4 Å². The van der Waals surface area contributed by atoms with E-state index in [-0.39, 0.29) is 40.9 Å². The molecule has 2 aliphatic heterocycles. The summed E-state index contributed by atoms with van der Waals surface area (Å²) in [5.74, 6) is -0.200. The summed E-state index contributed by atoms with van der Waals surface area (Å²) in [5, 5.41) is 0.363. The van der Waals surface area contributed by atoms with Crippen LogP contribution in [0.25, 0.3) is 0 Å². The lowest BCUT2D eigenvalue weighted by Gasteiger charge is -2.24. The summed E-state index contributed by atoms with van der Waals surface area (Å²) in [6, 6.07) is 16.1. The minimum absolute atomic E-state index is 0.0328. The molecule has 2 aromatic carbocycles. The Morgan fingerprint density at radius 3 is 2.41 bits per heavy atom. The number of thioether (sulfide) groups is 1. The molecule has 2 unspecified atom stereocenters. The lowest BCUT2D eigenvalue weighted by Crippen LogP contribution is -2.37. The Morgan fingerprint density at radius 1 is 1.07 bits per heavy atom. The van der Waals surface area contributed by atoms with E-state index in [1.54, 1.807) is 24.3 Å². The first kappa shape index (κ1) is 19.8. The number of carbonyl (C=O) groups is 2. The quantitative estimate of drug-likeness (QED) is 0.697. The van der Waals surface area contributed by atoms with E-state index in [4.69, 9.17) is 0 Å². The zero-order valence-electron chi connectivity index (χ0n) is 15.8. The number of ketones is 1. The number of hydrogen-bond acceptors (Lipinski definition) is 5. The number of carbonyl (C=O) groups excluding carboxylic acids is 2. The summed E-state index contributed by atoms with van der Waals surface area (Å²) in [4.78, 5) is 30.3. The van der Waals surface area contributed by atoms with Crippen LogP contribution in [0.1, 0.15) is 22.8 Å². The van der Waals surface area contributed by atoms with Gasteiger partial charge >= 0.3 is 0 Å². The maximum Gasteiger partial charge on any atom is 0.252 e. The number of amides is 1. The van der Waals surface area contributed by atoms with Crippen LogP contribution >= 0.6 is 11.8 Å². The molecule has 0 radical (unpaired) electrons. The number of sulfone groups is 1. The van der Waals surface area contributed by atoms with Crippen molar-refractivity contribution in [2.45, 2.75) is 24.6 Å². The molecule has 2 fully saturated rings. The van der Waals surface area contributed by atoms with E-state index >= 15 is 0 Å². The minimum atomic E-state index is -3.13. The number of nitrogens with zero attached hydrogens (tertiary/aromatic N) is 2. The lowest BCUT2D eigenvalue weighted by molar-refractivity contribution is -0.117. The molecule has 0 saturated carbocycles. The number of amidine groups is 1. The van der Waals surface area contributed by atoms with Gasteiger partial charge in [0.25, 0.3) is 5.91 Å². The van der Waals surface area contributed by atoms with Gasteiger partial charge in [-0.25, -0.2) is 8.42 Å². The van der Waals surface area contributed by atoms with Crippen molar-refractivity contribution in [3.63, 3.8) is 0 Å². The number of fused-ring (bicyclic) bond motifs is 1. The Kier molecular flexibility index (Phi) is 5.31. The molecule has 29 heavy (non-hydrogen) atoms. The van der Waals surface area contributed by atoms with Gasteiger partial charge in [0.15, 0.2) is 20.8 Å². The SMILES string of the molecule is CC(=O)c1ccc(N2C(=NC(=O)Cc3ccccc3)SC3CS(=O)(=O)CC32)cc1. The molecule has 2 aliphatic rings. The van der Waals surface area contributed by atoms with Gasteiger partial charge in [0.2, 0.25) is 0 Å². The first-order valence-electron chi connectivity index (χ1n) is 9.25. The third kappa shape index (κ3) is 4.28. The number of benzene rings is 2. The summed E-state index contributed by atoms with van der Waals surface area (Å²) >= 11 is 1.34. The Balaban J connectivity index is 1.65. The van der Waals surface area contributed by atoms with Crippen molar-refractivity contribution in [1.82, 2.24) is 0 Å². The van der Waals surface area contributed by atoms with Crippen LogP contribution in [0, 0.1) is 0 Å². The van der Waals surface area contributed by atoms with Crippen molar-refractivity contribution in [3.8, 4) is 0 Å². The molecule has 8 heteroatoms. The van der Waals surface area contributed by atoms with E-state index in [0.29, 0.717) is 10.7 Å². The van der Waals surface area contributed by atoms with Gasteiger partial charge in [-0.05, 0) is 36.8 Å². The Hall–Kier alpha value is -2.45. The molecule has 2 aromatic rings. The van der Waals surface area contributed by atoms with Crippen molar-refractivity contribution < 1.29 is 18.0 Å². The highest BCUT2D eigenvalue weighted by Gasteiger charge is 2.49. The van der Waals surface area contributed by atoms with E-state index in [9.17, 15) is 18.0 Å². The van der Waals surface area contributed by atoms with Crippen LogP contribution < -0.4 is 4.90 Å². The van der Waals surface area contributed by atoms with Gasteiger partial charge in [-0.3, -0.25) is 9.59 Å².